The molecule has 0 bridgehead atoms. The van der Waals surface area contributed by atoms with Crippen LogP contribution in [0.4, 0.5) is 0 Å². The second kappa shape index (κ2) is 6.33. The van der Waals surface area contributed by atoms with Crippen LogP contribution in [-0.4, -0.2) is 32.1 Å². The van der Waals surface area contributed by atoms with Gasteiger partial charge in [0.05, 0.1) is 18.6 Å². The van der Waals surface area contributed by atoms with E-state index < -0.39 is 0 Å². The Balaban J connectivity index is 1.85. The van der Waals surface area contributed by atoms with Crippen LogP contribution >= 0.6 is 0 Å². The number of nitrogens with one attached hydrogen (secondary N) is 2. The van der Waals surface area contributed by atoms with Crippen LogP contribution in [-0.2, 0) is 16.1 Å². The average Bonchev–Trinajstić information content (AvgIpc) is 2.98. The van der Waals surface area contributed by atoms with Gasteiger partial charge in [-0.1, -0.05) is 12.1 Å². The summed E-state index contributed by atoms with van der Waals surface area (Å²) in [6.07, 6.45) is 0.896. The molecule has 1 aliphatic rings. The van der Waals surface area contributed by atoms with Gasteiger partial charge in [-0.25, -0.2) is 4.79 Å². The molecule has 1 aliphatic heterocycles. The molecule has 2 rings (SSSR count). The minimum atomic E-state index is -0.354. The molecule has 1 amide bonds. The molecule has 5 heteroatoms. The molecule has 5 nitrogen and oxygen atoms in total. The number of benzene rings is 1. The zero-order chi connectivity index (χ0) is 13.7. The Hall–Kier alpha value is -1.88. The van der Waals surface area contributed by atoms with Crippen molar-refractivity contribution < 1.29 is 14.3 Å². The van der Waals surface area contributed by atoms with Crippen molar-refractivity contribution in [1.82, 2.24) is 10.6 Å². The van der Waals surface area contributed by atoms with Gasteiger partial charge in [-0.15, -0.1) is 0 Å². The fraction of sp³-hybridized carbons (Fsp3) is 0.429. The highest BCUT2D eigenvalue weighted by Crippen LogP contribution is 2.09. The van der Waals surface area contributed by atoms with Gasteiger partial charge in [-0.2, -0.15) is 0 Å². The standard InChI is InChI=1S/C14H18N2O3/c1-19-14(18)11-4-2-10(3-5-11)8-16-13(17)12-6-7-15-9-12/h2-5,12,15H,6-9H2,1H3,(H,16,17). The van der Waals surface area contributed by atoms with Crippen LogP contribution in [0.15, 0.2) is 24.3 Å². The van der Waals surface area contributed by atoms with Crippen molar-refractivity contribution in [3.8, 4) is 0 Å². The van der Waals surface area contributed by atoms with Gasteiger partial charge in [0.1, 0.15) is 0 Å². The lowest BCUT2D eigenvalue weighted by Gasteiger charge is -2.10. The molecule has 1 aromatic carbocycles. The van der Waals surface area contributed by atoms with Crippen molar-refractivity contribution in [2.24, 2.45) is 5.92 Å². The number of carbonyl (C=O) groups excluding carboxylic acids is 2. The molecule has 19 heavy (non-hydrogen) atoms. The molecule has 102 valence electrons. The maximum Gasteiger partial charge on any atom is 0.337 e. The fourth-order valence-corrected chi connectivity index (χ4v) is 2.09. The third-order valence-corrected chi connectivity index (χ3v) is 3.27. The first-order valence-corrected chi connectivity index (χ1v) is 6.36. The Morgan fingerprint density at radius 2 is 2.11 bits per heavy atom. The number of methoxy groups -OCH3 is 1. The zero-order valence-electron chi connectivity index (χ0n) is 10.9. The molecular formula is C14H18N2O3. The highest BCUT2D eigenvalue weighted by Gasteiger charge is 2.21. The molecule has 1 aromatic rings. The molecule has 0 aliphatic carbocycles. The summed E-state index contributed by atoms with van der Waals surface area (Å²) in [7, 11) is 1.35. The Labute approximate surface area is 112 Å². The summed E-state index contributed by atoms with van der Waals surface area (Å²) in [5.74, 6) is -0.191. The third kappa shape index (κ3) is 3.54. The second-order valence-electron chi connectivity index (χ2n) is 4.60. The van der Waals surface area contributed by atoms with Crippen molar-refractivity contribution >= 4 is 11.9 Å². The molecule has 0 aromatic heterocycles. The maximum atomic E-state index is 11.8. The summed E-state index contributed by atoms with van der Waals surface area (Å²) in [5, 5.41) is 6.07. The van der Waals surface area contributed by atoms with E-state index in [0.29, 0.717) is 12.1 Å². The maximum absolute atomic E-state index is 11.8. The van der Waals surface area contributed by atoms with Crippen LogP contribution in [0.5, 0.6) is 0 Å². The van der Waals surface area contributed by atoms with Crippen molar-refractivity contribution in [2.45, 2.75) is 13.0 Å². The predicted molar refractivity (Wildman–Crippen MR) is 70.6 cm³/mol. The first-order chi connectivity index (χ1) is 9.20. The Kier molecular flexibility index (Phi) is 4.52. The largest absolute Gasteiger partial charge is 0.465 e. The highest BCUT2D eigenvalue weighted by molar-refractivity contribution is 5.89. The molecule has 1 atom stereocenters. The topological polar surface area (TPSA) is 67.4 Å². The van der Waals surface area contributed by atoms with E-state index >= 15 is 0 Å². The molecule has 1 fully saturated rings. The quantitative estimate of drug-likeness (QED) is 0.784. The Morgan fingerprint density at radius 3 is 2.68 bits per heavy atom. The molecule has 1 heterocycles. The van der Waals surface area contributed by atoms with Gasteiger partial charge in [0.2, 0.25) is 5.91 Å². The lowest BCUT2D eigenvalue weighted by atomic mass is 10.1. The smallest absolute Gasteiger partial charge is 0.337 e. The zero-order valence-corrected chi connectivity index (χ0v) is 10.9. The predicted octanol–water partition coefficient (Wildman–Crippen LogP) is 0.699. The van der Waals surface area contributed by atoms with E-state index in [0.717, 1.165) is 25.1 Å². The Bertz CT molecular complexity index is 450. The number of amides is 1. The van der Waals surface area contributed by atoms with Crippen LogP contribution < -0.4 is 10.6 Å². The van der Waals surface area contributed by atoms with Crippen LogP contribution in [0.25, 0.3) is 0 Å². The van der Waals surface area contributed by atoms with Gasteiger partial charge in [-0.3, -0.25) is 4.79 Å². The molecule has 1 saturated heterocycles. The van der Waals surface area contributed by atoms with Crippen LogP contribution in [0.2, 0.25) is 0 Å². The second-order valence-corrected chi connectivity index (χ2v) is 4.60. The molecule has 0 saturated carbocycles. The molecule has 1 unspecified atom stereocenters. The van der Waals surface area contributed by atoms with Gasteiger partial charge in [0.15, 0.2) is 0 Å². The summed E-state index contributed by atoms with van der Waals surface area (Å²) in [4.78, 5) is 23.1. The van der Waals surface area contributed by atoms with E-state index in [1.165, 1.54) is 7.11 Å². The first-order valence-electron chi connectivity index (χ1n) is 6.36. The molecule has 0 spiro atoms. The third-order valence-electron chi connectivity index (χ3n) is 3.27. The SMILES string of the molecule is COC(=O)c1ccc(CNC(=O)C2CCNC2)cc1. The monoisotopic (exact) mass is 262 g/mol. The number of rotatable bonds is 4. The molecular weight excluding hydrogens is 244 g/mol. The van der Waals surface area contributed by atoms with Crippen LogP contribution in [0.3, 0.4) is 0 Å². The summed E-state index contributed by atoms with van der Waals surface area (Å²) in [6.45, 7) is 2.15. The lowest BCUT2D eigenvalue weighted by Crippen LogP contribution is -2.31. The summed E-state index contributed by atoms with van der Waals surface area (Å²) < 4.78 is 4.63. The van der Waals surface area contributed by atoms with E-state index in [-0.39, 0.29) is 17.8 Å². The van der Waals surface area contributed by atoms with Gasteiger partial charge in [0, 0.05) is 13.1 Å². The normalized spacial score (nSPS) is 18.1. The van der Waals surface area contributed by atoms with Crippen LogP contribution in [0, 0.1) is 5.92 Å². The van der Waals surface area contributed by atoms with Crippen molar-refractivity contribution in [2.75, 3.05) is 20.2 Å². The molecule has 0 radical (unpaired) electrons. The summed E-state index contributed by atoms with van der Waals surface area (Å²) >= 11 is 0. The number of carbonyl (C=O) groups is 2. The highest BCUT2D eigenvalue weighted by atomic mass is 16.5. The van der Waals surface area contributed by atoms with Crippen molar-refractivity contribution in [3.05, 3.63) is 35.4 Å². The molecule has 2 N–H and O–H groups in total. The van der Waals surface area contributed by atoms with Gasteiger partial charge >= 0.3 is 5.97 Å². The van der Waals surface area contributed by atoms with E-state index in [4.69, 9.17) is 0 Å². The number of ether oxygens (including phenoxy) is 1. The van der Waals surface area contributed by atoms with Crippen molar-refractivity contribution in [3.63, 3.8) is 0 Å². The van der Waals surface area contributed by atoms with E-state index in [9.17, 15) is 9.59 Å². The van der Waals surface area contributed by atoms with E-state index in [2.05, 4.69) is 15.4 Å². The Morgan fingerprint density at radius 1 is 1.37 bits per heavy atom. The van der Waals surface area contributed by atoms with Crippen LogP contribution in [0.1, 0.15) is 22.3 Å². The van der Waals surface area contributed by atoms with Crippen molar-refractivity contribution in [1.29, 1.82) is 0 Å². The minimum absolute atomic E-state index is 0.0781. The van der Waals surface area contributed by atoms with Gasteiger partial charge < -0.3 is 15.4 Å². The fourth-order valence-electron chi connectivity index (χ4n) is 2.09. The summed E-state index contributed by atoms with van der Waals surface area (Å²) in [6, 6.07) is 7.04. The lowest BCUT2D eigenvalue weighted by molar-refractivity contribution is -0.124. The first kappa shape index (κ1) is 13.5. The minimum Gasteiger partial charge on any atom is -0.465 e. The van der Waals surface area contributed by atoms with E-state index in [1.807, 2.05) is 12.1 Å². The number of esters is 1. The van der Waals surface area contributed by atoms with E-state index in [1.54, 1.807) is 12.1 Å². The van der Waals surface area contributed by atoms with Gasteiger partial charge in [-0.05, 0) is 30.7 Å². The number of hydrogen-bond donors (Lipinski definition) is 2. The van der Waals surface area contributed by atoms with Gasteiger partial charge in [0.25, 0.3) is 0 Å². The average molecular weight is 262 g/mol. The summed E-state index contributed by atoms with van der Waals surface area (Å²) in [5.41, 5.74) is 1.48. The number of hydrogen-bond acceptors (Lipinski definition) is 4.